The number of anilines is 2. The first-order valence-corrected chi connectivity index (χ1v) is 9.59. The average Bonchev–Trinajstić information content (AvgIpc) is 3.15. The molecule has 0 bridgehead atoms. The molecule has 6 heteroatoms. The van der Waals surface area contributed by atoms with Crippen molar-refractivity contribution in [1.29, 1.82) is 0 Å². The second-order valence-electron chi connectivity index (χ2n) is 6.72. The highest BCUT2D eigenvalue weighted by Crippen LogP contribution is 2.27. The van der Waals surface area contributed by atoms with E-state index in [0.717, 1.165) is 12.8 Å². The first-order chi connectivity index (χ1) is 13.1. The summed E-state index contributed by atoms with van der Waals surface area (Å²) in [5.74, 6) is 0.131. The number of hydrogen-bond acceptors (Lipinski definition) is 3. The van der Waals surface area contributed by atoms with Gasteiger partial charge in [0.15, 0.2) is 5.11 Å². The Kier molecular flexibility index (Phi) is 6.54. The molecule has 1 aliphatic rings. The van der Waals surface area contributed by atoms with E-state index in [9.17, 15) is 9.59 Å². The third-order valence-electron chi connectivity index (χ3n) is 4.65. The first-order valence-electron chi connectivity index (χ1n) is 9.18. The number of carbonyl (C=O) groups is 2. The van der Waals surface area contributed by atoms with Crippen molar-refractivity contribution in [1.82, 2.24) is 5.32 Å². The molecule has 1 aliphatic carbocycles. The number of hydrogen-bond donors (Lipinski definition) is 3. The predicted octanol–water partition coefficient (Wildman–Crippen LogP) is 4.33. The van der Waals surface area contributed by atoms with Crippen LogP contribution in [0.5, 0.6) is 0 Å². The summed E-state index contributed by atoms with van der Waals surface area (Å²) in [5.41, 5.74) is 1.72. The lowest BCUT2D eigenvalue weighted by Crippen LogP contribution is -2.35. The smallest absolute Gasteiger partial charge is 0.257 e. The van der Waals surface area contributed by atoms with E-state index >= 15 is 0 Å². The summed E-state index contributed by atoms with van der Waals surface area (Å²) in [4.78, 5) is 24.7. The molecule has 0 saturated heterocycles. The van der Waals surface area contributed by atoms with Crippen LogP contribution in [0.3, 0.4) is 0 Å². The number of para-hydroxylation sites is 2. The molecular formula is C21H23N3O2S. The van der Waals surface area contributed by atoms with Gasteiger partial charge in [0.05, 0.1) is 11.3 Å². The maximum absolute atomic E-state index is 12.6. The van der Waals surface area contributed by atoms with Crippen molar-refractivity contribution < 1.29 is 9.59 Å². The highest BCUT2D eigenvalue weighted by atomic mass is 32.1. The van der Waals surface area contributed by atoms with Gasteiger partial charge in [-0.3, -0.25) is 9.59 Å². The van der Waals surface area contributed by atoms with Gasteiger partial charge in [0.1, 0.15) is 0 Å². The van der Waals surface area contributed by atoms with Gasteiger partial charge in [-0.1, -0.05) is 43.2 Å². The maximum atomic E-state index is 12.6. The number of amides is 2. The van der Waals surface area contributed by atoms with Gasteiger partial charge in [-0.25, -0.2) is 0 Å². The minimum absolute atomic E-state index is 0.0781. The van der Waals surface area contributed by atoms with E-state index < -0.39 is 0 Å². The highest BCUT2D eigenvalue weighted by molar-refractivity contribution is 7.80. The zero-order chi connectivity index (χ0) is 19.1. The van der Waals surface area contributed by atoms with Crippen LogP contribution in [-0.2, 0) is 4.79 Å². The van der Waals surface area contributed by atoms with Crippen molar-refractivity contribution in [2.45, 2.75) is 32.1 Å². The number of rotatable bonds is 5. The third-order valence-corrected chi connectivity index (χ3v) is 4.86. The molecule has 0 aromatic heterocycles. The Morgan fingerprint density at radius 1 is 0.926 bits per heavy atom. The summed E-state index contributed by atoms with van der Waals surface area (Å²) in [6.45, 7) is 0. The number of carbonyl (C=O) groups excluding carboxylic acids is 2. The van der Waals surface area contributed by atoms with Crippen LogP contribution in [0.15, 0.2) is 54.6 Å². The molecule has 0 atom stereocenters. The molecule has 5 nitrogen and oxygen atoms in total. The van der Waals surface area contributed by atoms with Crippen molar-refractivity contribution in [2.75, 3.05) is 10.6 Å². The molecule has 0 heterocycles. The van der Waals surface area contributed by atoms with E-state index in [-0.39, 0.29) is 16.9 Å². The molecule has 2 aromatic carbocycles. The number of nitrogens with one attached hydrogen (secondary N) is 3. The molecule has 2 aromatic rings. The topological polar surface area (TPSA) is 70.2 Å². The Labute approximate surface area is 164 Å². The van der Waals surface area contributed by atoms with E-state index in [1.165, 1.54) is 12.8 Å². The molecule has 0 radical (unpaired) electrons. The Morgan fingerprint density at radius 3 is 2.33 bits per heavy atom. The van der Waals surface area contributed by atoms with E-state index in [1.54, 1.807) is 18.2 Å². The summed E-state index contributed by atoms with van der Waals surface area (Å²) in [6.07, 6.45) is 5.11. The van der Waals surface area contributed by atoms with Crippen LogP contribution in [0.2, 0.25) is 0 Å². The van der Waals surface area contributed by atoms with Crippen LogP contribution in [-0.4, -0.2) is 16.9 Å². The molecular weight excluding hydrogens is 358 g/mol. The van der Waals surface area contributed by atoms with E-state index in [2.05, 4.69) is 16.0 Å². The standard InChI is InChI=1S/C21H23N3O2S/c25-19(14-15-8-4-5-9-15)24-21(27)23-18-13-7-6-12-17(18)20(26)22-16-10-2-1-3-11-16/h1-3,6-7,10-13,15H,4-5,8-9,14H2,(H,22,26)(H2,23,24,25,27). The second kappa shape index (κ2) is 9.28. The van der Waals surface area contributed by atoms with Crippen molar-refractivity contribution in [2.24, 2.45) is 5.92 Å². The minimum atomic E-state index is -0.246. The van der Waals surface area contributed by atoms with Crippen LogP contribution in [0, 0.1) is 5.92 Å². The molecule has 27 heavy (non-hydrogen) atoms. The molecule has 1 fully saturated rings. The molecule has 140 valence electrons. The molecule has 2 amide bonds. The van der Waals surface area contributed by atoms with Crippen molar-refractivity contribution in [3.63, 3.8) is 0 Å². The first kappa shape index (κ1) is 19.0. The monoisotopic (exact) mass is 381 g/mol. The lowest BCUT2D eigenvalue weighted by Gasteiger charge is -2.14. The largest absolute Gasteiger partial charge is 0.332 e. The van der Waals surface area contributed by atoms with E-state index in [0.29, 0.717) is 29.3 Å². The molecule has 1 saturated carbocycles. The van der Waals surface area contributed by atoms with Crippen LogP contribution in [0.1, 0.15) is 42.5 Å². The SMILES string of the molecule is O=C(CC1CCCC1)NC(=S)Nc1ccccc1C(=O)Nc1ccccc1. The number of thiocarbonyl (C=S) groups is 1. The normalized spacial score (nSPS) is 13.8. The summed E-state index contributed by atoms with van der Waals surface area (Å²) in [6, 6.07) is 16.3. The molecule has 0 aliphatic heterocycles. The zero-order valence-corrected chi connectivity index (χ0v) is 15.9. The summed E-state index contributed by atoms with van der Waals surface area (Å²) in [5, 5.41) is 8.75. The lowest BCUT2D eigenvalue weighted by atomic mass is 10.0. The third kappa shape index (κ3) is 5.62. The van der Waals surface area contributed by atoms with Crippen LogP contribution >= 0.6 is 12.2 Å². The molecule has 0 spiro atoms. The van der Waals surface area contributed by atoms with Crippen molar-refractivity contribution in [3.05, 3.63) is 60.2 Å². The predicted molar refractivity (Wildman–Crippen MR) is 112 cm³/mol. The quantitative estimate of drug-likeness (QED) is 0.674. The van der Waals surface area contributed by atoms with Crippen LogP contribution in [0.4, 0.5) is 11.4 Å². The van der Waals surface area contributed by atoms with Crippen molar-refractivity contribution in [3.8, 4) is 0 Å². The van der Waals surface area contributed by atoms with Gasteiger partial charge < -0.3 is 16.0 Å². The molecule has 3 N–H and O–H groups in total. The van der Waals surface area contributed by atoms with Gasteiger partial charge in [-0.15, -0.1) is 0 Å². The fourth-order valence-corrected chi connectivity index (χ4v) is 3.54. The second-order valence-corrected chi connectivity index (χ2v) is 7.13. The highest BCUT2D eigenvalue weighted by Gasteiger charge is 2.19. The lowest BCUT2D eigenvalue weighted by molar-refractivity contribution is -0.120. The van der Waals surface area contributed by atoms with Gasteiger partial charge in [0.2, 0.25) is 5.91 Å². The Morgan fingerprint density at radius 2 is 1.59 bits per heavy atom. The van der Waals surface area contributed by atoms with Crippen LogP contribution in [0.25, 0.3) is 0 Å². The van der Waals surface area contributed by atoms with E-state index in [1.807, 2.05) is 36.4 Å². The van der Waals surface area contributed by atoms with Gasteiger partial charge in [-0.2, -0.15) is 0 Å². The summed E-state index contributed by atoms with van der Waals surface area (Å²) in [7, 11) is 0. The molecule has 0 unspecified atom stereocenters. The maximum Gasteiger partial charge on any atom is 0.257 e. The number of benzene rings is 2. The Hall–Kier alpha value is -2.73. The fraction of sp³-hybridized carbons (Fsp3) is 0.286. The van der Waals surface area contributed by atoms with Gasteiger partial charge in [-0.05, 0) is 55.2 Å². The average molecular weight is 382 g/mol. The van der Waals surface area contributed by atoms with Gasteiger partial charge >= 0.3 is 0 Å². The molecule has 3 rings (SSSR count). The summed E-state index contributed by atoms with van der Waals surface area (Å²) >= 11 is 5.25. The van der Waals surface area contributed by atoms with Crippen LogP contribution < -0.4 is 16.0 Å². The minimum Gasteiger partial charge on any atom is -0.332 e. The van der Waals surface area contributed by atoms with Crippen molar-refractivity contribution >= 4 is 40.5 Å². The fourth-order valence-electron chi connectivity index (χ4n) is 3.32. The zero-order valence-electron chi connectivity index (χ0n) is 15.0. The Bertz CT molecular complexity index is 817. The van der Waals surface area contributed by atoms with Gasteiger partial charge in [0, 0.05) is 12.1 Å². The summed E-state index contributed by atoms with van der Waals surface area (Å²) < 4.78 is 0. The van der Waals surface area contributed by atoms with Gasteiger partial charge in [0.25, 0.3) is 5.91 Å². The Balaban J connectivity index is 1.60. The van der Waals surface area contributed by atoms with E-state index in [4.69, 9.17) is 12.2 Å².